The summed E-state index contributed by atoms with van der Waals surface area (Å²) in [6, 6.07) is 14.2. The van der Waals surface area contributed by atoms with Crippen molar-refractivity contribution in [2.75, 3.05) is 5.32 Å². The van der Waals surface area contributed by atoms with E-state index >= 15 is 0 Å². The zero-order valence-corrected chi connectivity index (χ0v) is 23.5. The van der Waals surface area contributed by atoms with Crippen LogP contribution in [-0.4, -0.2) is 34.5 Å². The first-order valence-corrected chi connectivity index (χ1v) is 14.7. The third kappa shape index (κ3) is 9.22. The SMILES string of the molecule is C.Cc1cc(C2CCC(C)CC2)ccc1O.NC=C(C=NC1CC1)c1cccc(NC(=O)C2CCC(O)CC2)c1. The second-order valence-electron chi connectivity index (χ2n) is 11.7. The fourth-order valence-electron chi connectivity index (χ4n) is 5.51. The number of aliphatic hydroxyl groups excluding tert-OH is 1. The molecule has 0 unspecified atom stereocenters. The lowest BCUT2D eigenvalue weighted by atomic mass is 9.79. The average Bonchev–Trinajstić information content (AvgIpc) is 3.77. The van der Waals surface area contributed by atoms with Crippen LogP contribution in [-0.2, 0) is 4.79 Å². The summed E-state index contributed by atoms with van der Waals surface area (Å²) in [6.07, 6.45) is 13.7. The van der Waals surface area contributed by atoms with Crippen LogP contribution in [0.4, 0.5) is 5.69 Å². The third-order valence-electron chi connectivity index (χ3n) is 8.39. The zero-order valence-electron chi connectivity index (χ0n) is 23.5. The summed E-state index contributed by atoms with van der Waals surface area (Å²) in [4.78, 5) is 16.9. The van der Waals surface area contributed by atoms with E-state index in [-0.39, 0.29) is 25.4 Å². The van der Waals surface area contributed by atoms with Gasteiger partial charge in [0.25, 0.3) is 0 Å². The molecular formula is C34H49N3O3. The van der Waals surface area contributed by atoms with Crippen LogP contribution < -0.4 is 11.1 Å². The Bertz CT molecular complexity index is 1150. The highest BCUT2D eigenvalue weighted by atomic mass is 16.3. The first kappa shape index (κ1) is 31.4. The Morgan fingerprint density at radius 1 is 0.975 bits per heavy atom. The smallest absolute Gasteiger partial charge is 0.227 e. The van der Waals surface area contributed by atoms with Crippen LogP contribution >= 0.6 is 0 Å². The molecule has 0 bridgehead atoms. The van der Waals surface area contributed by atoms with Gasteiger partial charge in [-0.3, -0.25) is 9.79 Å². The van der Waals surface area contributed by atoms with E-state index in [2.05, 4.69) is 29.4 Å². The van der Waals surface area contributed by atoms with Crippen LogP contribution in [0.15, 0.2) is 53.7 Å². The Morgan fingerprint density at radius 2 is 1.68 bits per heavy atom. The number of aliphatic hydroxyl groups is 1. The number of carbonyl (C=O) groups excluding carboxylic acids is 1. The number of anilines is 1. The highest BCUT2D eigenvalue weighted by molar-refractivity contribution is 6.10. The van der Waals surface area contributed by atoms with Gasteiger partial charge in [-0.05, 0) is 105 Å². The molecule has 0 aliphatic heterocycles. The van der Waals surface area contributed by atoms with Crippen LogP contribution in [0.25, 0.3) is 5.57 Å². The van der Waals surface area contributed by atoms with Gasteiger partial charge in [-0.1, -0.05) is 51.5 Å². The maximum Gasteiger partial charge on any atom is 0.227 e. The Hall–Kier alpha value is -3.12. The molecule has 2 aromatic rings. The summed E-state index contributed by atoms with van der Waals surface area (Å²) >= 11 is 0. The van der Waals surface area contributed by atoms with Gasteiger partial charge >= 0.3 is 0 Å². The van der Waals surface area contributed by atoms with E-state index in [0.29, 0.717) is 24.6 Å². The second kappa shape index (κ2) is 15.0. The molecule has 6 heteroatoms. The molecule has 5 rings (SSSR count). The Kier molecular flexibility index (Phi) is 11.8. The molecule has 3 aliphatic rings. The van der Waals surface area contributed by atoms with Gasteiger partial charge in [-0.25, -0.2) is 0 Å². The molecule has 5 N–H and O–H groups in total. The Balaban J connectivity index is 0.000000238. The van der Waals surface area contributed by atoms with Gasteiger partial charge in [0, 0.05) is 29.6 Å². The number of aromatic hydroxyl groups is 1. The third-order valence-corrected chi connectivity index (χ3v) is 8.39. The van der Waals surface area contributed by atoms with Crippen molar-refractivity contribution in [3.05, 3.63) is 65.4 Å². The first-order valence-electron chi connectivity index (χ1n) is 14.7. The molecule has 3 aliphatic carbocycles. The number of nitrogens with one attached hydrogen (secondary N) is 1. The number of hydrogen-bond acceptors (Lipinski definition) is 5. The minimum atomic E-state index is -0.250. The molecule has 0 saturated heterocycles. The lowest BCUT2D eigenvalue weighted by Gasteiger charge is -2.26. The van der Waals surface area contributed by atoms with E-state index in [9.17, 15) is 15.0 Å². The van der Waals surface area contributed by atoms with E-state index in [0.717, 1.165) is 59.9 Å². The van der Waals surface area contributed by atoms with Crippen LogP contribution in [0, 0.1) is 18.8 Å². The van der Waals surface area contributed by atoms with Crippen molar-refractivity contribution in [1.29, 1.82) is 0 Å². The molecular weight excluding hydrogens is 498 g/mol. The minimum Gasteiger partial charge on any atom is -0.508 e. The van der Waals surface area contributed by atoms with E-state index in [1.165, 1.54) is 31.2 Å². The molecule has 40 heavy (non-hydrogen) atoms. The highest BCUT2D eigenvalue weighted by Crippen LogP contribution is 2.36. The van der Waals surface area contributed by atoms with Crippen molar-refractivity contribution in [1.82, 2.24) is 0 Å². The van der Waals surface area contributed by atoms with Gasteiger partial charge in [-0.15, -0.1) is 0 Å². The topological polar surface area (TPSA) is 108 Å². The maximum atomic E-state index is 12.4. The van der Waals surface area contributed by atoms with Gasteiger partial charge in [0.15, 0.2) is 0 Å². The fourth-order valence-corrected chi connectivity index (χ4v) is 5.51. The number of nitrogens with zero attached hydrogens (tertiary/aromatic N) is 1. The molecule has 3 saturated carbocycles. The average molecular weight is 548 g/mol. The number of benzene rings is 2. The van der Waals surface area contributed by atoms with Crippen molar-refractivity contribution in [3.63, 3.8) is 0 Å². The molecule has 218 valence electrons. The number of phenols is 1. The van der Waals surface area contributed by atoms with E-state index in [1.54, 1.807) is 6.20 Å². The van der Waals surface area contributed by atoms with E-state index < -0.39 is 0 Å². The number of amides is 1. The molecule has 1 amide bonds. The van der Waals surface area contributed by atoms with Crippen LogP contribution in [0.1, 0.15) is 101 Å². The molecule has 0 radical (unpaired) electrons. The molecule has 0 spiro atoms. The Labute approximate surface area is 240 Å². The predicted octanol–water partition coefficient (Wildman–Crippen LogP) is 7.34. The van der Waals surface area contributed by atoms with E-state index in [4.69, 9.17) is 5.73 Å². The number of rotatable bonds is 6. The quantitative estimate of drug-likeness (QED) is 0.284. The van der Waals surface area contributed by atoms with Crippen molar-refractivity contribution < 1.29 is 15.0 Å². The summed E-state index contributed by atoms with van der Waals surface area (Å²) in [5.74, 6) is 2.06. The number of carbonyl (C=O) groups is 1. The maximum absolute atomic E-state index is 12.4. The molecule has 0 atom stereocenters. The summed E-state index contributed by atoms with van der Waals surface area (Å²) in [5, 5.41) is 22.0. The van der Waals surface area contributed by atoms with Crippen molar-refractivity contribution in [2.45, 2.75) is 104 Å². The number of aryl methyl sites for hydroxylation is 1. The highest BCUT2D eigenvalue weighted by Gasteiger charge is 2.25. The summed E-state index contributed by atoms with van der Waals surface area (Å²) in [7, 11) is 0. The normalized spacial score (nSPS) is 24.9. The molecule has 3 fully saturated rings. The van der Waals surface area contributed by atoms with Gasteiger partial charge in [0.05, 0.1) is 12.1 Å². The largest absolute Gasteiger partial charge is 0.508 e. The van der Waals surface area contributed by atoms with Gasteiger partial charge in [-0.2, -0.15) is 0 Å². The molecule has 2 aromatic carbocycles. The fraction of sp³-hybridized carbons (Fsp3) is 0.529. The van der Waals surface area contributed by atoms with Crippen molar-refractivity contribution in [3.8, 4) is 5.75 Å². The zero-order chi connectivity index (χ0) is 27.8. The van der Waals surface area contributed by atoms with Crippen LogP contribution in [0.2, 0.25) is 0 Å². The lowest BCUT2D eigenvalue weighted by Crippen LogP contribution is -2.28. The summed E-state index contributed by atoms with van der Waals surface area (Å²) in [6.45, 7) is 4.32. The van der Waals surface area contributed by atoms with Crippen LogP contribution in [0.5, 0.6) is 5.75 Å². The molecule has 0 heterocycles. The summed E-state index contributed by atoms with van der Waals surface area (Å²) < 4.78 is 0. The first-order chi connectivity index (χ1) is 18.8. The number of phenolic OH excluding ortho intramolecular Hbond substituents is 1. The number of aliphatic imine (C=N–C) groups is 1. The van der Waals surface area contributed by atoms with E-state index in [1.807, 2.05) is 43.5 Å². The second-order valence-corrected chi connectivity index (χ2v) is 11.7. The monoisotopic (exact) mass is 547 g/mol. The van der Waals surface area contributed by atoms with Gasteiger partial charge < -0.3 is 21.3 Å². The number of nitrogens with two attached hydrogens (primary N) is 1. The minimum absolute atomic E-state index is 0. The number of allylic oxidation sites excluding steroid dienone is 1. The molecule has 6 nitrogen and oxygen atoms in total. The predicted molar refractivity (Wildman–Crippen MR) is 167 cm³/mol. The van der Waals surface area contributed by atoms with Crippen LogP contribution in [0.3, 0.4) is 0 Å². The standard InChI is InChI=1S/C19H25N3O2.C14H20O.CH4/c20-11-15(12-21-16-6-7-16)14-2-1-3-17(10-14)22-19(24)13-4-8-18(23)9-5-13;1-10-3-5-12(6-4-10)13-7-8-14(15)11(2)9-13;/h1-3,10-13,16,18,23H,4-9,20H2,(H,22,24);7-10,12,15H,3-6H2,1-2H3;1H4. The van der Waals surface area contributed by atoms with Gasteiger partial charge in [0.2, 0.25) is 5.91 Å². The summed E-state index contributed by atoms with van der Waals surface area (Å²) in [5.41, 5.74) is 10.7. The number of hydrogen-bond donors (Lipinski definition) is 4. The molecule has 0 aromatic heterocycles. The van der Waals surface area contributed by atoms with Crippen molar-refractivity contribution >= 4 is 23.4 Å². The van der Waals surface area contributed by atoms with Gasteiger partial charge in [0.1, 0.15) is 5.75 Å². The van der Waals surface area contributed by atoms with Crippen molar-refractivity contribution in [2.24, 2.45) is 22.6 Å². The lowest BCUT2D eigenvalue weighted by molar-refractivity contribution is -0.121. The Morgan fingerprint density at radius 3 is 2.30 bits per heavy atom.